The Morgan fingerprint density at radius 3 is 2.60 bits per heavy atom. The number of piperazine rings is 1. The number of rotatable bonds is 5. The van der Waals surface area contributed by atoms with E-state index in [4.69, 9.17) is 16.7 Å². The van der Waals surface area contributed by atoms with Crippen molar-refractivity contribution in [3.8, 4) is 0 Å². The first-order valence-electron chi connectivity index (χ1n) is 8.35. The van der Waals surface area contributed by atoms with Gasteiger partial charge >= 0.3 is 5.97 Å². The fraction of sp³-hybridized carbons (Fsp3) is 0.250. The van der Waals surface area contributed by atoms with Gasteiger partial charge in [0.05, 0.1) is 5.56 Å². The molecule has 0 radical (unpaired) electrons. The molecule has 5 heteroatoms. The van der Waals surface area contributed by atoms with Gasteiger partial charge < -0.3 is 15.3 Å². The van der Waals surface area contributed by atoms with E-state index in [1.54, 1.807) is 12.1 Å². The Bertz CT molecular complexity index is 741. The van der Waals surface area contributed by atoms with Crippen LogP contribution in [0.15, 0.2) is 54.6 Å². The molecule has 1 unspecified atom stereocenters. The molecule has 0 aliphatic carbocycles. The fourth-order valence-electron chi connectivity index (χ4n) is 2.97. The van der Waals surface area contributed by atoms with E-state index < -0.39 is 5.97 Å². The molecule has 1 atom stereocenters. The number of carboxylic acids is 1. The van der Waals surface area contributed by atoms with Gasteiger partial charge in [0, 0.05) is 36.4 Å². The third kappa shape index (κ3) is 4.84. The SMILES string of the molecule is O=C(O)c1ccc(N2CCNC(CC=Cc3ccc(Cl)cc3)C2)cc1. The summed E-state index contributed by atoms with van der Waals surface area (Å²) in [5, 5.41) is 13.3. The first-order valence-corrected chi connectivity index (χ1v) is 8.73. The summed E-state index contributed by atoms with van der Waals surface area (Å²) in [4.78, 5) is 13.3. The van der Waals surface area contributed by atoms with Crippen LogP contribution in [0.1, 0.15) is 22.3 Å². The van der Waals surface area contributed by atoms with Crippen LogP contribution < -0.4 is 10.2 Å². The minimum atomic E-state index is -0.892. The number of nitrogens with one attached hydrogen (secondary N) is 1. The number of benzene rings is 2. The predicted molar refractivity (Wildman–Crippen MR) is 103 cm³/mol. The minimum absolute atomic E-state index is 0.321. The van der Waals surface area contributed by atoms with Gasteiger partial charge in [-0.15, -0.1) is 0 Å². The Morgan fingerprint density at radius 1 is 1.20 bits per heavy atom. The normalized spacial score (nSPS) is 17.8. The van der Waals surface area contributed by atoms with Crippen molar-refractivity contribution in [2.45, 2.75) is 12.5 Å². The van der Waals surface area contributed by atoms with Crippen molar-refractivity contribution in [3.63, 3.8) is 0 Å². The minimum Gasteiger partial charge on any atom is -0.478 e. The molecule has 0 aromatic heterocycles. The van der Waals surface area contributed by atoms with Crippen molar-refractivity contribution in [2.24, 2.45) is 0 Å². The Labute approximate surface area is 152 Å². The molecule has 25 heavy (non-hydrogen) atoms. The third-order valence-electron chi connectivity index (χ3n) is 4.34. The molecule has 0 spiro atoms. The molecule has 1 aliphatic heterocycles. The van der Waals surface area contributed by atoms with Gasteiger partial charge in [-0.05, 0) is 48.4 Å². The molecule has 3 rings (SSSR count). The van der Waals surface area contributed by atoms with Crippen molar-refractivity contribution in [3.05, 3.63) is 70.8 Å². The van der Waals surface area contributed by atoms with Crippen LogP contribution in [0.2, 0.25) is 5.02 Å². The third-order valence-corrected chi connectivity index (χ3v) is 4.59. The number of hydrogen-bond acceptors (Lipinski definition) is 3. The van der Waals surface area contributed by atoms with Crippen LogP contribution in [0, 0.1) is 0 Å². The van der Waals surface area contributed by atoms with Gasteiger partial charge in [0.25, 0.3) is 0 Å². The number of anilines is 1. The van der Waals surface area contributed by atoms with E-state index in [0.717, 1.165) is 42.3 Å². The number of hydrogen-bond donors (Lipinski definition) is 2. The molecule has 2 aromatic rings. The van der Waals surface area contributed by atoms with Gasteiger partial charge in [-0.3, -0.25) is 0 Å². The van der Waals surface area contributed by atoms with E-state index in [9.17, 15) is 4.79 Å². The monoisotopic (exact) mass is 356 g/mol. The molecular weight excluding hydrogens is 336 g/mol. The van der Waals surface area contributed by atoms with E-state index >= 15 is 0 Å². The second-order valence-corrected chi connectivity index (χ2v) is 6.58. The van der Waals surface area contributed by atoms with Crippen LogP contribution in [0.4, 0.5) is 5.69 Å². The molecule has 0 bridgehead atoms. The molecule has 130 valence electrons. The lowest BCUT2D eigenvalue weighted by molar-refractivity contribution is 0.0697. The lowest BCUT2D eigenvalue weighted by atomic mass is 10.1. The summed E-state index contributed by atoms with van der Waals surface area (Å²) in [6, 6.07) is 15.3. The second kappa shape index (κ2) is 8.19. The smallest absolute Gasteiger partial charge is 0.335 e. The van der Waals surface area contributed by atoms with Crippen LogP contribution >= 0.6 is 11.6 Å². The van der Waals surface area contributed by atoms with E-state index in [1.165, 1.54) is 0 Å². The van der Waals surface area contributed by atoms with E-state index in [2.05, 4.69) is 22.4 Å². The van der Waals surface area contributed by atoms with E-state index in [1.807, 2.05) is 36.4 Å². The number of aromatic carboxylic acids is 1. The summed E-state index contributed by atoms with van der Waals surface area (Å²) in [5.41, 5.74) is 2.53. The zero-order chi connectivity index (χ0) is 17.6. The van der Waals surface area contributed by atoms with Crippen molar-refractivity contribution in [1.82, 2.24) is 5.32 Å². The first kappa shape index (κ1) is 17.5. The number of carboxylic acid groups (broad SMARTS) is 1. The highest BCUT2D eigenvalue weighted by Gasteiger charge is 2.18. The highest BCUT2D eigenvalue weighted by molar-refractivity contribution is 6.30. The largest absolute Gasteiger partial charge is 0.478 e. The van der Waals surface area contributed by atoms with E-state index in [-0.39, 0.29) is 0 Å². The lowest BCUT2D eigenvalue weighted by Crippen LogP contribution is -2.50. The first-order chi connectivity index (χ1) is 12.1. The van der Waals surface area contributed by atoms with Crippen molar-refractivity contribution < 1.29 is 9.90 Å². The summed E-state index contributed by atoms with van der Waals surface area (Å²) >= 11 is 5.90. The highest BCUT2D eigenvalue weighted by Crippen LogP contribution is 2.18. The summed E-state index contributed by atoms with van der Waals surface area (Å²) in [7, 11) is 0. The van der Waals surface area contributed by atoms with Gasteiger partial charge in [-0.25, -0.2) is 4.79 Å². The average molecular weight is 357 g/mol. The summed E-state index contributed by atoms with van der Waals surface area (Å²) in [6.07, 6.45) is 5.23. The molecule has 1 aliphatic rings. The standard InChI is InChI=1S/C20H21ClN2O2/c21-17-8-4-15(5-9-17)2-1-3-18-14-23(13-12-22-18)19-10-6-16(7-11-19)20(24)25/h1-2,4-11,18,22H,3,12-14H2,(H,24,25). The van der Waals surface area contributed by atoms with Gasteiger partial charge in [0.2, 0.25) is 0 Å². The van der Waals surface area contributed by atoms with Crippen LogP contribution in [0.5, 0.6) is 0 Å². The van der Waals surface area contributed by atoms with E-state index in [0.29, 0.717) is 11.6 Å². The fourth-order valence-corrected chi connectivity index (χ4v) is 3.10. The number of halogens is 1. The molecule has 1 fully saturated rings. The maximum Gasteiger partial charge on any atom is 0.335 e. The van der Waals surface area contributed by atoms with Crippen LogP contribution in [0.25, 0.3) is 6.08 Å². The summed E-state index contributed by atoms with van der Waals surface area (Å²) in [5.74, 6) is -0.892. The molecule has 0 saturated carbocycles. The maximum atomic E-state index is 11.0. The predicted octanol–water partition coefficient (Wildman–Crippen LogP) is 3.92. The van der Waals surface area contributed by atoms with Crippen LogP contribution in [-0.2, 0) is 0 Å². The summed E-state index contributed by atoms with van der Waals surface area (Å²) in [6.45, 7) is 2.74. The van der Waals surface area contributed by atoms with Gasteiger partial charge in [-0.1, -0.05) is 35.9 Å². The van der Waals surface area contributed by atoms with Crippen molar-refractivity contribution in [2.75, 3.05) is 24.5 Å². The zero-order valence-corrected chi connectivity index (χ0v) is 14.6. The van der Waals surface area contributed by atoms with Gasteiger partial charge in [0.15, 0.2) is 0 Å². The molecule has 4 nitrogen and oxygen atoms in total. The highest BCUT2D eigenvalue weighted by atomic mass is 35.5. The molecule has 0 amide bonds. The summed E-state index contributed by atoms with van der Waals surface area (Å²) < 4.78 is 0. The molecular formula is C20H21ClN2O2. The van der Waals surface area contributed by atoms with Crippen molar-refractivity contribution in [1.29, 1.82) is 0 Å². The lowest BCUT2D eigenvalue weighted by Gasteiger charge is -2.35. The van der Waals surface area contributed by atoms with Crippen LogP contribution in [0.3, 0.4) is 0 Å². The Morgan fingerprint density at radius 2 is 1.92 bits per heavy atom. The Balaban J connectivity index is 1.57. The number of nitrogens with zero attached hydrogens (tertiary/aromatic N) is 1. The molecule has 1 saturated heterocycles. The second-order valence-electron chi connectivity index (χ2n) is 6.14. The van der Waals surface area contributed by atoms with Gasteiger partial charge in [-0.2, -0.15) is 0 Å². The average Bonchev–Trinajstić information content (AvgIpc) is 2.64. The van der Waals surface area contributed by atoms with Crippen molar-refractivity contribution >= 4 is 29.3 Å². The topological polar surface area (TPSA) is 52.6 Å². The maximum absolute atomic E-state index is 11.0. The quantitative estimate of drug-likeness (QED) is 0.852. The molecule has 2 N–H and O–H groups in total. The van der Waals surface area contributed by atoms with Gasteiger partial charge in [0.1, 0.15) is 0 Å². The Kier molecular flexibility index (Phi) is 5.74. The molecule has 1 heterocycles. The van der Waals surface area contributed by atoms with Crippen LogP contribution in [-0.4, -0.2) is 36.8 Å². The number of carbonyl (C=O) groups is 1. The molecule has 2 aromatic carbocycles. The zero-order valence-electron chi connectivity index (χ0n) is 13.9. The Hall–Kier alpha value is -2.30.